The summed E-state index contributed by atoms with van der Waals surface area (Å²) in [5, 5.41) is 20.8. The highest BCUT2D eigenvalue weighted by atomic mass is 17.0. The molecule has 98 valence electrons. The molecular formula is C10H18N2O5. The van der Waals surface area contributed by atoms with Gasteiger partial charge in [-0.25, -0.2) is 0 Å². The van der Waals surface area contributed by atoms with Gasteiger partial charge in [-0.2, -0.15) is 0 Å². The number of nitrogens with zero attached hydrogens (tertiary/aromatic N) is 1. The molecule has 0 aromatic carbocycles. The SMILES string of the molecule is O=C(CCCO)NC1CCC(O[N+](=O)[O-])CC1. The van der Waals surface area contributed by atoms with Crippen LogP contribution in [0.5, 0.6) is 0 Å². The second-order valence-corrected chi connectivity index (χ2v) is 4.20. The monoisotopic (exact) mass is 246 g/mol. The van der Waals surface area contributed by atoms with Gasteiger partial charge in [0.2, 0.25) is 5.91 Å². The molecule has 1 fully saturated rings. The van der Waals surface area contributed by atoms with Crippen molar-refractivity contribution >= 4 is 5.91 Å². The van der Waals surface area contributed by atoms with E-state index in [0.717, 1.165) is 0 Å². The Morgan fingerprint density at radius 3 is 2.59 bits per heavy atom. The highest BCUT2D eigenvalue weighted by Crippen LogP contribution is 2.21. The summed E-state index contributed by atoms with van der Waals surface area (Å²) in [6.45, 7) is 0.0107. The van der Waals surface area contributed by atoms with Gasteiger partial charge in [0.1, 0.15) is 6.10 Å². The van der Waals surface area contributed by atoms with E-state index in [1.165, 1.54) is 0 Å². The maximum absolute atomic E-state index is 11.4. The number of amides is 1. The average molecular weight is 246 g/mol. The zero-order valence-electron chi connectivity index (χ0n) is 9.63. The summed E-state index contributed by atoms with van der Waals surface area (Å²) in [6.07, 6.45) is 3.02. The van der Waals surface area contributed by atoms with E-state index >= 15 is 0 Å². The fourth-order valence-electron chi connectivity index (χ4n) is 1.97. The molecule has 1 aliphatic rings. The molecule has 0 bridgehead atoms. The van der Waals surface area contributed by atoms with Gasteiger partial charge < -0.3 is 15.3 Å². The van der Waals surface area contributed by atoms with E-state index in [0.29, 0.717) is 38.5 Å². The molecule has 2 N–H and O–H groups in total. The molecule has 0 atom stereocenters. The van der Waals surface area contributed by atoms with Crippen molar-refractivity contribution in [3.8, 4) is 0 Å². The molecule has 7 heteroatoms. The molecule has 0 radical (unpaired) electrons. The van der Waals surface area contributed by atoms with Crippen LogP contribution >= 0.6 is 0 Å². The fraction of sp³-hybridized carbons (Fsp3) is 0.900. The van der Waals surface area contributed by atoms with Crippen LogP contribution in [-0.2, 0) is 9.63 Å². The lowest BCUT2D eigenvalue weighted by molar-refractivity contribution is -0.769. The number of carbonyl (C=O) groups excluding carboxylic acids is 1. The third-order valence-electron chi connectivity index (χ3n) is 2.84. The van der Waals surface area contributed by atoms with Crippen molar-refractivity contribution in [2.45, 2.75) is 50.7 Å². The smallest absolute Gasteiger partial charge is 0.294 e. The van der Waals surface area contributed by atoms with Gasteiger partial charge in [0.25, 0.3) is 5.09 Å². The van der Waals surface area contributed by atoms with Crippen LogP contribution in [0.25, 0.3) is 0 Å². The molecule has 0 spiro atoms. The van der Waals surface area contributed by atoms with Crippen molar-refractivity contribution in [3.63, 3.8) is 0 Å². The Kier molecular flexibility index (Phi) is 5.68. The predicted molar refractivity (Wildman–Crippen MR) is 58.6 cm³/mol. The zero-order valence-corrected chi connectivity index (χ0v) is 9.63. The molecule has 0 aromatic rings. The van der Waals surface area contributed by atoms with Crippen LogP contribution in [-0.4, -0.2) is 34.9 Å². The van der Waals surface area contributed by atoms with Crippen molar-refractivity contribution in [2.24, 2.45) is 0 Å². The lowest BCUT2D eigenvalue weighted by Crippen LogP contribution is -2.39. The van der Waals surface area contributed by atoms with Gasteiger partial charge >= 0.3 is 0 Å². The van der Waals surface area contributed by atoms with Gasteiger partial charge in [-0.05, 0) is 32.1 Å². The Balaban J connectivity index is 2.18. The van der Waals surface area contributed by atoms with Crippen molar-refractivity contribution < 1.29 is 19.8 Å². The minimum atomic E-state index is -0.759. The quantitative estimate of drug-likeness (QED) is 0.521. The van der Waals surface area contributed by atoms with Gasteiger partial charge in [0, 0.05) is 19.1 Å². The third-order valence-corrected chi connectivity index (χ3v) is 2.84. The average Bonchev–Trinajstić information content (AvgIpc) is 2.28. The highest BCUT2D eigenvalue weighted by molar-refractivity contribution is 5.76. The van der Waals surface area contributed by atoms with E-state index in [9.17, 15) is 14.9 Å². The fourth-order valence-corrected chi connectivity index (χ4v) is 1.97. The third kappa shape index (κ3) is 5.48. The number of aliphatic hydroxyl groups excluding tert-OH is 1. The second kappa shape index (κ2) is 7.05. The summed E-state index contributed by atoms with van der Waals surface area (Å²) in [4.78, 5) is 26.0. The van der Waals surface area contributed by atoms with E-state index in [-0.39, 0.29) is 24.7 Å². The maximum Gasteiger partial charge on any atom is 0.294 e. The first kappa shape index (κ1) is 13.7. The van der Waals surface area contributed by atoms with Gasteiger partial charge in [-0.1, -0.05) is 0 Å². The summed E-state index contributed by atoms with van der Waals surface area (Å²) >= 11 is 0. The minimum Gasteiger partial charge on any atom is -0.396 e. The molecule has 1 aliphatic carbocycles. The highest BCUT2D eigenvalue weighted by Gasteiger charge is 2.24. The van der Waals surface area contributed by atoms with Crippen molar-refractivity contribution in [2.75, 3.05) is 6.61 Å². The molecule has 7 nitrogen and oxygen atoms in total. The molecule has 0 saturated heterocycles. The van der Waals surface area contributed by atoms with E-state index in [1.807, 2.05) is 0 Å². The lowest BCUT2D eigenvalue weighted by Gasteiger charge is -2.27. The van der Waals surface area contributed by atoms with E-state index in [1.54, 1.807) is 0 Å². The molecule has 0 unspecified atom stereocenters. The zero-order chi connectivity index (χ0) is 12.7. The van der Waals surface area contributed by atoms with E-state index in [4.69, 9.17) is 5.11 Å². The Labute approximate surface area is 99.2 Å². The van der Waals surface area contributed by atoms with Crippen molar-refractivity contribution in [3.05, 3.63) is 10.1 Å². The standard InChI is InChI=1S/C10H18N2O5/c13-7-1-2-10(14)11-8-3-5-9(6-4-8)17-12(15)16/h8-9,13H,1-7H2,(H,11,14). The van der Waals surface area contributed by atoms with Crippen LogP contribution < -0.4 is 5.32 Å². The van der Waals surface area contributed by atoms with Gasteiger partial charge in [0.15, 0.2) is 0 Å². The topological polar surface area (TPSA) is 102 Å². The van der Waals surface area contributed by atoms with Gasteiger partial charge in [0.05, 0.1) is 0 Å². The lowest BCUT2D eigenvalue weighted by atomic mass is 9.93. The van der Waals surface area contributed by atoms with Crippen molar-refractivity contribution in [1.82, 2.24) is 5.32 Å². The first-order valence-electron chi connectivity index (χ1n) is 5.83. The Hall–Kier alpha value is -1.37. The number of aliphatic hydroxyl groups is 1. The molecule has 0 heterocycles. The molecule has 0 aromatic heterocycles. The van der Waals surface area contributed by atoms with E-state index < -0.39 is 5.09 Å². The summed E-state index contributed by atoms with van der Waals surface area (Å²) in [7, 11) is 0. The number of hydrogen-bond acceptors (Lipinski definition) is 5. The van der Waals surface area contributed by atoms with Gasteiger partial charge in [-0.15, -0.1) is 10.1 Å². The van der Waals surface area contributed by atoms with Crippen LogP contribution in [0, 0.1) is 10.1 Å². The number of rotatable bonds is 6. The summed E-state index contributed by atoms with van der Waals surface area (Å²) in [5.41, 5.74) is 0. The van der Waals surface area contributed by atoms with Gasteiger partial charge in [-0.3, -0.25) is 4.79 Å². The Bertz CT molecular complexity index is 263. The number of carbonyl (C=O) groups is 1. The van der Waals surface area contributed by atoms with E-state index in [2.05, 4.69) is 10.2 Å². The van der Waals surface area contributed by atoms with Crippen LogP contribution in [0.3, 0.4) is 0 Å². The summed E-state index contributed by atoms with van der Waals surface area (Å²) in [6, 6.07) is 0.0767. The minimum absolute atomic E-state index is 0.0107. The molecule has 1 saturated carbocycles. The Morgan fingerprint density at radius 1 is 1.41 bits per heavy atom. The first-order chi connectivity index (χ1) is 8.11. The van der Waals surface area contributed by atoms with Crippen LogP contribution in [0.15, 0.2) is 0 Å². The van der Waals surface area contributed by atoms with Crippen LogP contribution in [0.2, 0.25) is 0 Å². The Morgan fingerprint density at radius 2 is 2.06 bits per heavy atom. The number of hydrogen-bond donors (Lipinski definition) is 2. The summed E-state index contributed by atoms with van der Waals surface area (Å²) < 4.78 is 0. The normalized spacial score (nSPS) is 24.1. The molecular weight excluding hydrogens is 228 g/mol. The predicted octanol–water partition coefficient (Wildman–Crippen LogP) is 0.395. The second-order valence-electron chi connectivity index (χ2n) is 4.20. The molecule has 1 amide bonds. The molecule has 1 rings (SSSR count). The van der Waals surface area contributed by atoms with Crippen LogP contribution in [0.4, 0.5) is 0 Å². The summed E-state index contributed by atoms with van der Waals surface area (Å²) in [5.74, 6) is -0.0716. The van der Waals surface area contributed by atoms with Crippen LogP contribution in [0.1, 0.15) is 38.5 Å². The van der Waals surface area contributed by atoms with Crippen molar-refractivity contribution in [1.29, 1.82) is 0 Å². The largest absolute Gasteiger partial charge is 0.396 e. The maximum atomic E-state index is 11.4. The first-order valence-corrected chi connectivity index (χ1v) is 5.83. The molecule has 17 heavy (non-hydrogen) atoms. The molecule has 0 aliphatic heterocycles. The number of nitrogens with one attached hydrogen (secondary N) is 1.